The minimum Gasteiger partial charge on any atom is -0.352 e. The Balaban J connectivity index is 2.11. The van der Waals surface area contributed by atoms with Gasteiger partial charge in [-0.2, -0.15) is 0 Å². The molecule has 2 aromatic rings. The first-order chi connectivity index (χ1) is 8.15. The summed E-state index contributed by atoms with van der Waals surface area (Å²) in [5.41, 5.74) is 8.47. The van der Waals surface area contributed by atoms with Gasteiger partial charge in [0, 0.05) is 37.1 Å². The molecule has 0 aliphatic heterocycles. The third-order valence-electron chi connectivity index (χ3n) is 2.77. The summed E-state index contributed by atoms with van der Waals surface area (Å²) in [5.74, 6) is 0. The van der Waals surface area contributed by atoms with Crippen molar-refractivity contribution in [1.29, 1.82) is 0 Å². The van der Waals surface area contributed by atoms with Crippen molar-refractivity contribution in [2.24, 2.45) is 5.73 Å². The number of aromatic nitrogens is 1. The third kappa shape index (κ3) is 3.04. The molecule has 1 aromatic heterocycles. The van der Waals surface area contributed by atoms with Gasteiger partial charge in [0.25, 0.3) is 0 Å². The van der Waals surface area contributed by atoms with Crippen LogP contribution in [0.5, 0.6) is 0 Å². The number of pyridine rings is 1. The van der Waals surface area contributed by atoms with Gasteiger partial charge in [0.05, 0.1) is 0 Å². The third-order valence-corrected chi connectivity index (χ3v) is 2.77. The van der Waals surface area contributed by atoms with E-state index in [2.05, 4.69) is 19.1 Å². The highest BCUT2D eigenvalue weighted by molar-refractivity contribution is 5.23. The minimum absolute atomic E-state index is 0.0187. The molecule has 0 bridgehead atoms. The van der Waals surface area contributed by atoms with E-state index < -0.39 is 0 Å². The second kappa shape index (κ2) is 4.97. The summed E-state index contributed by atoms with van der Waals surface area (Å²) < 4.78 is 1.92. The quantitative estimate of drug-likeness (QED) is 0.871. The summed E-state index contributed by atoms with van der Waals surface area (Å²) in [4.78, 5) is 11.0. The molecular weight excluding hydrogens is 212 g/mol. The first kappa shape index (κ1) is 11.6. The first-order valence-electron chi connectivity index (χ1n) is 5.63. The molecule has 1 unspecified atom stereocenters. The lowest BCUT2D eigenvalue weighted by atomic mass is 10.1. The van der Waals surface area contributed by atoms with Gasteiger partial charge in [0.2, 0.25) is 0 Å². The van der Waals surface area contributed by atoms with E-state index in [1.165, 1.54) is 5.56 Å². The normalized spacial score (nSPS) is 12.4. The first-order valence-corrected chi connectivity index (χ1v) is 5.63. The van der Waals surface area contributed by atoms with E-state index in [0.29, 0.717) is 6.54 Å². The number of nitrogens with zero attached hydrogens (tertiary/aromatic N) is 1. The standard InChI is InChI=1S/C14H16N2O/c1-11-2-4-12(5-3-11)14(15)10-16-8-6-13(17)7-9-16/h2-9,14H,10,15H2,1H3. The Kier molecular flexibility index (Phi) is 3.40. The van der Waals surface area contributed by atoms with Crippen LogP contribution in [0, 0.1) is 6.92 Å². The molecule has 2 N–H and O–H groups in total. The molecular formula is C14H16N2O. The van der Waals surface area contributed by atoms with Crippen LogP contribution in [-0.4, -0.2) is 4.57 Å². The summed E-state index contributed by atoms with van der Waals surface area (Å²) in [6, 6.07) is 11.2. The predicted octanol–water partition coefficient (Wildman–Crippen LogP) is 1.86. The maximum absolute atomic E-state index is 11.0. The molecule has 3 heteroatoms. The van der Waals surface area contributed by atoms with Gasteiger partial charge in [0.15, 0.2) is 5.43 Å². The molecule has 0 saturated heterocycles. The van der Waals surface area contributed by atoms with Gasteiger partial charge in [-0.3, -0.25) is 4.79 Å². The summed E-state index contributed by atoms with van der Waals surface area (Å²) >= 11 is 0. The highest BCUT2D eigenvalue weighted by Gasteiger charge is 2.05. The second-order valence-electron chi connectivity index (χ2n) is 4.25. The summed E-state index contributed by atoms with van der Waals surface area (Å²) in [5, 5.41) is 0. The maximum Gasteiger partial charge on any atom is 0.181 e. The summed E-state index contributed by atoms with van der Waals surface area (Å²) in [6.07, 6.45) is 3.52. The lowest BCUT2D eigenvalue weighted by molar-refractivity contribution is 0.573. The number of nitrogens with two attached hydrogens (primary N) is 1. The highest BCUT2D eigenvalue weighted by atomic mass is 16.1. The van der Waals surface area contributed by atoms with E-state index >= 15 is 0 Å². The predicted molar refractivity (Wildman–Crippen MR) is 68.8 cm³/mol. The molecule has 0 radical (unpaired) electrons. The van der Waals surface area contributed by atoms with Crippen LogP contribution in [0.2, 0.25) is 0 Å². The van der Waals surface area contributed by atoms with Crippen LogP contribution in [-0.2, 0) is 6.54 Å². The van der Waals surface area contributed by atoms with Crippen LogP contribution in [0.15, 0.2) is 53.6 Å². The fraction of sp³-hybridized carbons (Fsp3) is 0.214. The number of aryl methyl sites for hydroxylation is 1. The molecule has 0 aliphatic rings. The zero-order chi connectivity index (χ0) is 12.3. The van der Waals surface area contributed by atoms with Crippen LogP contribution in [0.1, 0.15) is 17.2 Å². The lowest BCUT2D eigenvalue weighted by Crippen LogP contribution is -2.18. The van der Waals surface area contributed by atoms with Crippen LogP contribution in [0.25, 0.3) is 0 Å². The number of hydrogen-bond acceptors (Lipinski definition) is 2. The molecule has 88 valence electrons. The zero-order valence-electron chi connectivity index (χ0n) is 9.84. The Morgan fingerprint density at radius 1 is 1.12 bits per heavy atom. The van der Waals surface area contributed by atoms with Crippen molar-refractivity contribution >= 4 is 0 Å². The van der Waals surface area contributed by atoms with Gasteiger partial charge in [-0.1, -0.05) is 29.8 Å². The average molecular weight is 228 g/mol. The van der Waals surface area contributed by atoms with Crippen molar-refractivity contribution in [3.8, 4) is 0 Å². The molecule has 0 spiro atoms. The van der Waals surface area contributed by atoms with Crippen molar-refractivity contribution < 1.29 is 0 Å². The second-order valence-corrected chi connectivity index (χ2v) is 4.25. The Bertz CT molecular complexity index is 522. The van der Waals surface area contributed by atoms with Crippen molar-refractivity contribution in [1.82, 2.24) is 4.57 Å². The largest absolute Gasteiger partial charge is 0.352 e. The van der Waals surface area contributed by atoms with Gasteiger partial charge in [-0.25, -0.2) is 0 Å². The molecule has 0 fully saturated rings. The van der Waals surface area contributed by atoms with Crippen molar-refractivity contribution in [2.75, 3.05) is 0 Å². The topological polar surface area (TPSA) is 48.0 Å². The molecule has 1 atom stereocenters. The van der Waals surface area contributed by atoms with Crippen LogP contribution in [0.3, 0.4) is 0 Å². The van der Waals surface area contributed by atoms with Crippen LogP contribution < -0.4 is 11.2 Å². The van der Waals surface area contributed by atoms with Crippen molar-refractivity contribution in [3.05, 3.63) is 70.1 Å². The Morgan fingerprint density at radius 3 is 2.29 bits per heavy atom. The molecule has 1 aromatic carbocycles. The Morgan fingerprint density at radius 2 is 1.71 bits per heavy atom. The van der Waals surface area contributed by atoms with E-state index in [4.69, 9.17) is 5.73 Å². The van der Waals surface area contributed by atoms with E-state index in [-0.39, 0.29) is 11.5 Å². The molecule has 0 amide bonds. The van der Waals surface area contributed by atoms with Gasteiger partial charge in [-0.05, 0) is 12.5 Å². The fourth-order valence-electron chi connectivity index (χ4n) is 1.71. The van der Waals surface area contributed by atoms with E-state index in [9.17, 15) is 4.79 Å². The minimum atomic E-state index is -0.0573. The molecule has 3 nitrogen and oxygen atoms in total. The van der Waals surface area contributed by atoms with Crippen molar-refractivity contribution in [2.45, 2.75) is 19.5 Å². The average Bonchev–Trinajstić information content (AvgIpc) is 2.33. The molecule has 17 heavy (non-hydrogen) atoms. The molecule has 2 rings (SSSR count). The number of benzene rings is 1. The van der Waals surface area contributed by atoms with Crippen molar-refractivity contribution in [3.63, 3.8) is 0 Å². The van der Waals surface area contributed by atoms with Gasteiger partial charge < -0.3 is 10.3 Å². The smallest absolute Gasteiger partial charge is 0.181 e. The van der Waals surface area contributed by atoms with Gasteiger partial charge in [-0.15, -0.1) is 0 Å². The number of hydrogen-bond donors (Lipinski definition) is 1. The van der Waals surface area contributed by atoms with Crippen LogP contribution >= 0.6 is 0 Å². The highest BCUT2D eigenvalue weighted by Crippen LogP contribution is 2.12. The zero-order valence-corrected chi connectivity index (χ0v) is 9.84. The molecule has 0 aliphatic carbocycles. The lowest BCUT2D eigenvalue weighted by Gasteiger charge is -2.14. The Labute approximate surface area is 101 Å². The maximum atomic E-state index is 11.0. The Hall–Kier alpha value is -1.87. The monoisotopic (exact) mass is 228 g/mol. The number of rotatable bonds is 3. The van der Waals surface area contributed by atoms with Gasteiger partial charge in [0.1, 0.15) is 0 Å². The van der Waals surface area contributed by atoms with E-state index in [0.717, 1.165) is 5.56 Å². The SMILES string of the molecule is Cc1ccc(C(N)Cn2ccc(=O)cc2)cc1. The molecule has 1 heterocycles. The summed E-state index contributed by atoms with van der Waals surface area (Å²) in [6.45, 7) is 2.72. The fourth-order valence-corrected chi connectivity index (χ4v) is 1.71. The van der Waals surface area contributed by atoms with E-state index in [1.807, 2.05) is 16.7 Å². The summed E-state index contributed by atoms with van der Waals surface area (Å²) in [7, 11) is 0. The van der Waals surface area contributed by atoms with E-state index in [1.54, 1.807) is 24.5 Å². The van der Waals surface area contributed by atoms with Gasteiger partial charge >= 0.3 is 0 Å². The molecule has 0 saturated carbocycles. The van der Waals surface area contributed by atoms with Crippen LogP contribution in [0.4, 0.5) is 0 Å².